The number of carboxylic acid groups (broad SMARTS) is 1. The number of phenols is 1. The molecular weight excluding hydrogens is 327 g/mol. The first kappa shape index (κ1) is 16.2. The Bertz CT molecular complexity index is 754. The molecule has 0 aliphatic carbocycles. The van der Waals surface area contributed by atoms with Crippen molar-refractivity contribution in [3.8, 4) is 11.5 Å². The summed E-state index contributed by atoms with van der Waals surface area (Å²) >= 11 is 11.8. The van der Waals surface area contributed by atoms with Crippen molar-refractivity contribution in [3.63, 3.8) is 0 Å². The Kier molecular flexibility index (Phi) is 4.96. The molecule has 0 heterocycles. The SMILES string of the molecule is COc1cc(/C=C(\C(=O)O)c2ccc(Cl)c(Cl)c2)ccc1O. The van der Waals surface area contributed by atoms with E-state index in [4.69, 9.17) is 27.9 Å². The van der Waals surface area contributed by atoms with Crippen LogP contribution in [0.25, 0.3) is 11.6 Å². The minimum absolute atomic E-state index is 0.0222. The Hall–Kier alpha value is -2.17. The second-order valence-corrected chi connectivity index (χ2v) is 5.24. The molecule has 0 saturated carbocycles. The van der Waals surface area contributed by atoms with Gasteiger partial charge in [0.05, 0.1) is 22.7 Å². The molecule has 6 heteroatoms. The van der Waals surface area contributed by atoms with Crippen LogP contribution >= 0.6 is 23.2 Å². The largest absolute Gasteiger partial charge is 0.504 e. The number of ether oxygens (including phenoxy) is 1. The first-order valence-electron chi connectivity index (χ1n) is 6.20. The summed E-state index contributed by atoms with van der Waals surface area (Å²) in [5, 5.41) is 19.6. The fourth-order valence-electron chi connectivity index (χ4n) is 1.88. The predicted octanol–water partition coefficient (Wildman–Crippen LogP) is 4.33. The number of rotatable bonds is 4. The molecule has 0 aliphatic heterocycles. The molecule has 2 rings (SSSR count). The smallest absolute Gasteiger partial charge is 0.336 e. The molecule has 0 bridgehead atoms. The van der Waals surface area contributed by atoms with Gasteiger partial charge in [0.2, 0.25) is 0 Å². The minimum Gasteiger partial charge on any atom is -0.504 e. The highest BCUT2D eigenvalue weighted by Gasteiger charge is 2.13. The van der Waals surface area contributed by atoms with Crippen LogP contribution < -0.4 is 4.74 Å². The summed E-state index contributed by atoms with van der Waals surface area (Å²) in [4.78, 5) is 11.5. The molecule has 114 valence electrons. The molecule has 0 amide bonds. The van der Waals surface area contributed by atoms with Gasteiger partial charge in [-0.25, -0.2) is 4.79 Å². The van der Waals surface area contributed by atoms with Gasteiger partial charge in [0.15, 0.2) is 11.5 Å². The van der Waals surface area contributed by atoms with Gasteiger partial charge < -0.3 is 14.9 Å². The van der Waals surface area contributed by atoms with Gasteiger partial charge in [-0.15, -0.1) is 0 Å². The monoisotopic (exact) mass is 338 g/mol. The number of aliphatic carboxylic acids is 1. The molecule has 0 aromatic heterocycles. The first-order chi connectivity index (χ1) is 10.4. The van der Waals surface area contributed by atoms with Crippen LogP contribution in [0.3, 0.4) is 0 Å². The zero-order valence-electron chi connectivity index (χ0n) is 11.5. The highest BCUT2D eigenvalue weighted by atomic mass is 35.5. The molecule has 2 aromatic rings. The maximum atomic E-state index is 11.5. The van der Waals surface area contributed by atoms with E-state index in [2.05, 4.69) is 0 Å². The fourth-order valence-corrected chi connectivity index (χ4v) is 2.18. The van der Waals surface area contributed by atoms with Gasteiger partial charge in [-0.3, -0.25) is 0 Å². The molecule has 2 N–H and O–H groups in total. The lowest BCUT2D eigenvalue weighted by molar-refractivity contribution is -0.130. The van der Waals surface area contributed by atoms with Crippen molar-refractivity contribution in [2.45, 2.75) is 0 Å². The van der Waals surface area contributed by atoms with Crippen molar-refractivity contribution in [1.82, 2.24) is 0 Å². The number of carboxylic acids is 1. The van der Waals surface area contributed by atoms with Crippen LogP contribution in [-0.2, 0) is 4.79 Å². The van der Waals surface area contributed by atoms with E-state index in [-0.39, 0.29) is 22.1 Å². The summed E-state index contributed by atoms with van der Waals surface area (Å²) in [6, 6.07) is 9.15. The average molecular weight is 339 g/mol. The summed E-state index contributed by atoms with van der Waals surface area (Å²) in [6.45, 7) is 0. The molecule has 0 unspecified atom stereocenters. The number of hydrogen-bond acceptors (Lipinski definition) is 3. The number of benzene rings is 2. The van der Waals surface area contributed by atoms with Crippen molar-refractivity contribution >= 4 is 40.8 Å². The van der Waals surface area contributed by atoms with Crippen LogP contribution in [0.15, 0.2) is 36.4 Å². The maximum Gasteiger partial charge on any atom is 0.336 e. The van der Waals surface area contributed by atoms with E-state index in [0.717, 1.165) is 0 Å². The van der Waals surface area contributed by atoms with Crippen LogP contribution in [0, 0.1) is 0 Å². The third-order valence-electron chi connectivity index (χ3n) is 2.98. The quantitative estimate of drug-likeness (QED) is 0.643. The molecular formula is C16H12Cl2O4. The van der Waals surface area contributed by atoms with Crippen LogP contribution in [0.4, 0.5) is 0 Å². The lowest BCUT2D eigenvalue weighted by Gasteiger charge is -2.07. The maximum absolute atomic E-state index is 11.5. The molecule has 2 aromatic carbocycles. The Morgan fingerprint density at radius 2 is 1.86 bits per heavy atom. The summed E-state index contributed by atoms with van der Waals surface area (Å²) in [5.74, 6) is -0.871. The van der Waals surface area contributed by atoms with E-state index in [1.54, 1.807) is 12.1 Å². The number of aromatic hydroxyl groups is 1. The van der Waals surface area contributed by atoms with Crippen molar-refractivity contribution < 1.29 is 19.7 Å². The normalized spacial score (nSPS) is 11.3. The van der Waals surface area contributed by atoms with Crippen LogP contribution in [0.5, 0.6) is 11.5 Å². The van der Waals surface area contributed by atoms with Crippen LogP contribution in [0.1, 0.15) is 11.1 Å². The topological polar surface area (TPSA) is 66.8 Å². The summed E-state index contributed by atoms with van der Waals surface area (Å²) in [7, 11) is 1.42. The predicted molar refractivity (Wildman–Crippen MR) is 86.6 cm³/mol. The highest BCUT2D eigenvalue weighted by molar-refractivity contribution is 6.42. The number of phenolic OH excluding ortho intramolecular Hbond substituents is 1. The van der Waals surface area contributed by atoms with Gasteiger partial charge in [-0.1, -0.05) is 35.3 Å². The van der Waals surface area contributed by atoms with E-state index < -0.39 is 5.97 Å². The second kappa shape index (κ2) is 6.73. The van der Waals surface area contributed by atoms with E-state index in [0.29, 0.717) is 16.1 Å². The molecule has 0 aliphatic rings. The first-order valence-corrected chi connectivity index (χ1v) is 6.95. The third kappa shape index (κ3) is 3.53. The Morgan fingerprint density at radius 3 is 2.45 bits per heavy atom. The number of carbonyl (C=O) groups is 1. The van der Waals surface area contributed by atoms with E-state index in [9.17, 15) is 15.0 Å². The van der Waals surface area contributed by atoms with Crippen LogP contribution in [0.2, 0.25) is 10.0 Å². The highest BCUT2D eigenvalue weighted by Crippen LogP contribution is 2.30. The lowest BCUT2D eigenvalue weighted by atomic mass is 10.0. The molecule has 4 nitrogen and oxygen atoms in total. The Morgan fingerprint density at radius 1 is 1.14 bits per heavy atom. The van der Waals surface area contributed by atoms with Gasteiger partial charge >= 0.3 is 5.97 Å². The Balaban J connectivity index is 2.51. The minimum atomic E-state index is -1.11. The Labute approximate surface area is 137 Å². The summed E-state index contributed by atoms with van der Waals surface area (Å²) in [5.41, 5.74) is 1.04. The molecule has 0 saturated heterocycles. The van der Waals surface area contributed by atoms with Gasteiger partial charge in [-0.05, 0) is 41.5 Å². The fraction of sp³-hybridized carbons (Fsp3) is 0.0625. The molecule has 0 spiro atoms. The molecule has 0 radical (unpaired) electrons. The van der Waals surface area contributed by atoms with Crippen molar-refractivity contribution in [3.05, 3.63) is 57.6 Å². The molecule has 22 heavy (non-hydrogen) atoms. The van der Waals surface area contributed by atoms with Gasteiger partial charge in [0, 0.05) is 0 Å². The van der Waals surface area contributed by atoms with E-state index >= 15 is 0 Å². The van der Waals surface area contributed by atoms with Gasteiger partial charge in [0.1, 0.15) is 0 Å². The average Bonchev–Trinajstić information content (AvgIpc) is 2.49. The molecule has 0 atom stereocenters. The number of halogens is 2. The van der Waals surface area contributed by atoms with Crippen molar-refractivity contribution in [2.75, 3.05) is 7.11 Å². The van der Waals surface area contributed by atoms with Gasteiger partial charge in [-0.2, -0.15) is 0 Å². The van der Waals surface area contributed by atoms with Gasteiger partial charge in [0.25, 0.3) is 0 Å². The summed E-state index contributed by atoms with van der Waals surface area (Å²) in [6.07, 6.45) is 1.46. The van der Waals surface area contributed by atoms with E-state index in [1.807, 2.05) is 0 Å². The van der Waals surface area contributed by atoms with E-state index in [1.165, 1.54) is 37.5 Å². The number of methoxy groups -OCH3 is 1. The van der Waals surface area contributed by atoms with Crippen LogP contribution in [-0.4, -0.2) is 23.3 Å². The molecule has 0 fully saturated rings. The standard InChI is InChI=1S/C16H12Cl2O4/c1-22-15-7-9(2-5-14(15)19)6-11(16(20)21)10-3-4-12(17)13(18)8-10/h2-8,19H,1H3,(H,20,21)/b11-6-. The number of hydrogen-bond donors (Lipinski definition) is 2. The second-order valence-electron chi connectivity index (χ2n) is 4.42. The van der Waals surface area contributed by atoms with Crippen molar-refractivity contribution in [1.29, 1.82) is 0 Å². The third-order valence-corrected chi connectivity index (χ3v) is 3.71. The zero-order chi connectivity index (χ0) is 16.3. The summed E-state index contributed by atoms with van der Waals surface area (Å²) < 4.78 is 5.00. The van der Waals surface area contributed by atoms with Crippen molar-refractivity contribution in [2.24, 2.45) is 0 Å². The lowest BCUT2D eigenvalue weighted by Crippen LogP contribution is -1.99. The zero-order valence-corrected chi connectivity index (χ0v) is 13.0.